The van der Waals surface area contributed by atoms with E-state index >= 15 is 0 Å². The van der Waals surface area contributed by atoms with Gasteiger partial charge >= 0.3 is 0 Å². The van der Waals surface area contributed by atoms with Crippen LogP contribution < -0.4 is 5.32 Å². The Bertz CT molecular complexity index is 390. The summed E-state index contributed by atoms with van der Waals surface area (Å²) in [6, 6.07) is 8.73. The molecule has 1 heterocycles. The standard InChI is InChI=1S/C17H26BrNO/c1-2-19-13-16(10-14-6-8-20-9-7-14)11-15-4-3-5-17(18)12-15/h3-5,12,14,16,19H,2,6-11,13H2,1H3. The Morgan fingerprint density at radius 2 is 2.15 bits per heavy atom. The van der Waals surface area contributed by atoms with Crippen molar-refractivity contribution < 1.29 is 4.74 Å². The van der Waals surface area contributed by atoms with E-state index in [4.69, 9.17) is 4.74 Å². The Morgan fingerprint density at radius 1 is 1.35 bits per heavy atom. The highest BCUT2D eigenvalue weighted by Gasteiger charge is 2.19. The van der Waals surface area contributed by atoms with E-state index in [9.17, 15) is 0 Å². The van der Waals surface area contributed by atoms with Crippen LogP contribution in [0.4, 0.5) is 0 Å². The van der Waals surface area contributed by atoms with E-state index in [0.717, 1.165) is 38.1 Å². The average molecular weight is 340 g/mol. The van der Waals surface area contributed by atoms with Crippen molar-refractivity contribution in [2.45, 2.75) is 32.6 Å². The summed E-state index contributed by atoms with van der Waals surface area (Å²) in [6.45, 7) is 6.28. The Balaban J connectivity index is 1.91. The molecule has 0 amide bonds. The van der Waals surface area contributed by atoms with Crippen LogP contribution in [-0.2, 0) is 11.2 Å². The number of ether oxygens (including phenoxy) is 1. The summed E-state index contributed by atoms with van der Waals surface area (Å²) >= 11 is 3.57. The number of rotatable bonds is 7. The first-order valence-electron chi connectivity index (χ1n) is 7.80. The van der Waals surface area contributed by atoms with Crippen LogP contribution in [0.2, 0.25) is 0 Å². The van der Waals surface area contributed by atoms with E-state index < -0.39 is 0 Å². The molecule has 1 unspecified atom stereocenters. The molecule has 1 fully saturated rings. The van der Waals surface area contributed by atoms with Gasteiger partial charge in [-0.2, -0.15) is 0 Å². The fourth-order valence-electron chi connectivity index (χ4n) is 3.04. The van der Waals surface area contributed by atoms with Crippen LogP contribution in [-0.4, -0.2) is 26.3 Å². The first-order chi connectivity index (χ1) is 9.78. The van der Waals surface area contributed by atoms with Crippen molar-refractivity contribution >= 4 is 15.9 Å². The molecule has 20 heavy (non-hydrogen) atoms. The van der Waals surface area contributed by atoms with Crippen molar-refractivity contribution in [3.63, 3.8) is 0 Å². The van der Waals surface area contributed by atoms with Crippen molar-refractivity contribution in [1.82, 2.24) is 5.32 Å². The smallest absolute Gasteiger partial charge is 0.0468 e. The molecule has 0 saturated carbocycles. The third-order valence-corrected chi connectivity index (χ3v) is 4.60. The Hall–Kier alpha value is -0.380. The number of hydrogen-bond donors (Lipinski definition) is 1. The zero-order chi connectivity index (χ0) is 14.2. The van der Waals surface area contributed by atoms with Crippen LogP contribution in [0.15, 0.2) is 28.7 Å². The molecule has 1 saturated heterocycles. The second-order valence-electron chi connectivity index (χ2n) is 5.80. The number of benzene rings is 1. The quantitative estimate of drug-likeness (QED) is 0.809. The maximum absolute atomic E-state index is 5.47. The van der Waals surface area contributed by atoms with Gasteiger partial charge in [-0.1, -0.05) is 35.0 Å². The average Bonchev–Trinajstić information content (AvgIpc) is 2.46. The molecule has 2 rings (SSSR count). The monoisotopic (exact) mass is 339 g/mol. The fourth-order valence-corrected chi connectivity index (χ4v) is 3.48. The van der Waals surface area contributed by atoms with E-state index in [1.807, 2.05) is 0 Å². The van der Waals surface area contributed by atoms with Gasteiger partial charge in [0.05, 0.1) is 0 Å². The van der Waals surface area contributed by atoms with Crippen molar-refractivity contribution in [2.75, 3.05) is 26.3 Å². The lowest BCUT2D eigenvalue weighted by atomic mass is 9.85. The van der Waals surface area contributed by atoms with Crippen LogP contribution in [0.5, 0.6) is 0 Å². The summed E-state index contributed by atoms with van der Waals surface area (Å²) in [6.07, 6.45) is 4.97. The second kappa shape index (κ2) is 8.81. The summed E-state index contributed by atoms with van der Waals surface area (Å²) in [5.74, 6) is 1.58. The fraction of sp³-hybridized carbons (Fsp3) is 0.647. The van der Waals surface area contributed by atoms with Gasteiger partial charge in [-0.05, 0) is 68.3 Å². The molecule has 2 nitrogen and oxygen atoms in total. The lowest BCUT2D eigenvalue weighted by Gasteiger charge is -2.27. The third kappa shape index (κ3) is 5.55. The van der Waals surface area contributed by atoms with E-state index in [-0.39, 0.29) is 0 Å². The molecule has 0 bridgehead atoms. The normalized spacial score (nSPS) is 18.1. The predicted molar refractivity (Wildman–Crippen MR) is 88.0 cm³/mol. The third-order valence-electron chi connectivity index (χ3n) is 4.10. The summed E-state index contributed by atoms with van der Waals surface area (Å²) in [5, 5.41) is 3.53. The highest BCUT2D eigenvalue weighted by Crippen LogP contribution is 2.25. The minimum atomic E-state index is 0.729. The van der Waals surface area contributed by atoms with Gasteiger partial charge in [-0.25, -0.2) is 0 Å². The number of nitrogens with one attached hydrogen (secondary N) is 1. The summed E-state index contributed by atoms with van der Waals surface area (Å²) < 4.78 is 6.66. The van der Waals surface area contributed by atoms with E-state index in [1.165, 1.54) is 35.7 Å². The van der Waals surface area contributed by atoms with Gasteiger partial charge in [0.15, 0.2) is 0 Å². The Kier molecular flexibility index (Phi) is 7.05. The predicted octanol–water partition coefficient (Wildman–Crippen LogP) is 4.03. The molecule has 1 aromatic carbocycles. The summed E-state index contributed by atoms with van der Waals surface area (Å²) in [5.41, 5.74) is 1.44. The van der Waals surface area contributed by atoms with Gasteiger partial charge in [-0.3, -0.25) is 0 Å². The molecule has 1 N–H and O–H groups in total. The molecule has 1 aliphatic heterocycles. The second-order valence-corrected chi connectivity index (χ2v) is 6.71. The Morgan fingerprint density at radius 3 is 2.85 bits per heavy atom. The van der Waals surface area contributed by atoms with Gasteiger partial charge in [0.2, 0.25) is 0 Å². The van der Waals surface area contributed by atoms with E-state index in [0.29, 0.717) is 0 Å². The first-order valence-corrected chi connectivity index (χ1v) is 8.60. The van der Waals surface area contributed by atoms with Gasteiger partial charge in [0.1, 0.15) is 0 Å². The molecular formula is C17H26BrNO. The van der Waals surface area contributed by atoms with Crippen LogP contribution in [0, 0.1) is 11.8 Å². The topological polar surface area (TPSA) is 21.3 Å². The molecule has 0 radical (unpaired) electrons. The molecule has 0 aliphatic carbocycles. The van der Waals surface area contributed by atoms with Crippen LogP contribution in [0.1, 0.15) is 31.7 Å². The lowest BCUT2D eigenvalue weighted by Crippen LogP contribution is -2.27. The molecule has 0 spiro atoms. The zero-order valence-corrected chi connectivity index (χ0v) is 14.0. The summed E-state index contributed by atoms with van der Waals surface area (Å²) in [7, 11) is 0. The number of halogens is 1. The molecule has 1 aromatic rings. The zero-order valence-electron chi connectivity index (χ0n) is 12.4. The van der Waals surface area contributed by atoms with Gasteiger partial charge in [-0.15, -0.1) is 0 Å². The SMILES string of the molecule is CCNCC(Cc1cccc(Br)c1)CC1CCOCC1. The highest BCUT2D eigenvalue weighted by atomic mass is 79.9. The molecule has 1 aliphatic rings. The maximum atomic E-state index is 5.47. The molecule has 112 valence electrons. The molecule has 0 aromatic heterocycles. The van der Waals surface area contributed by atoms with E-state index in [1.54, 1.807) is 0 Å². The van der Waals surface area contributed by atoms with Crippen molar-refractivity contribution in [3.05, 3.63) is 34.3 Å². The first kappa shape index (κ1) is 16.0. The largest absolute Gasteiger partial charge is 0.381 e. The minimum Gasteiger partial charge on any atom is -0.381 e. The van der Waals surface area contributed by atoms with Crippen LogP contribution >= 0.6 is 15.9 Å². The van der Waals surface area contributed by atoms with Crippen LogP contribution in [0.3, 0.4) is 0 Å². The van der Waals surface area contributed by atoms with Crippen molar-refractivity contribution in [3.8, 4) is 0 Å². The van der Waals surface area contributed by atoms with Gasteiger partial charge < -0.3 is 10.1 Å². The van der Waals surface area contributed by atoms with Crippen LogP contribution in [0.25, 0.3) is 0 Å². The molecular weight excluding hydrogens is 314 g/mol. The van der Waals surface area contributed by atoms with Gasteiger partial charge in [0, 0.05) is 17.7 Å². The maximum Gasteiger partial charge on any atom is 0.0468 e. The highest BCUT2D eigenvalue weighted by molar-refractivity contribution is 9.10. The van der Waals surface area contributed by atoms with Crippen molar-refractivity contribution in [2.24, 2.45) is 11.8 Å². The number of hydrogen-bond acceptors (Lipinski definition) is 2. The Labute approximate surface area is 131 Å². The summed E-state index contributed by atoms with van der Waals surface area (Å²) in [4.78, 5) is 0. The molecule has 1 atom stereocenters. The lowest BCUT2D eigenvalue weighted by molar-refractivity contribution is 0.0585. The van der Waals surface area contributed by atoms with E-state index in [2.05, 4.69) is 52.4 Å². The minimum absolute atomic E-state index is 0.729. The van der Waals surface area contributed by atoms with Gasteiger partial charge in [0.25, 0.3) is 0 Å². The molecule has 3 heteroatoms. The van der Waals surface area contributed by atoms with Crippen molar-refractivity contribution in [1.29, 1.82) is 0 Å².